The van der Waals surface area contributed by atoms with Crippen LogP contribution in [-0.4, -0.2) is 29.8 Å². The Bertz CT molecular complexity index is 347. The molecular weight excluding hydrogens is 218 g/mol. The number of likely N-dealkylation sites (tertiary alicyclic amines) is 1. The molecule has 0 amide bonds. The van der Waals surface area contributed by atoms with Gasteiger partial charge in [-0.25, -0.2) is 0 Å². The number of hydrogen-bond acceptors (Lipinski definition) is 3. The highest BCUT2D eigenvalue weighted by atomic mass is 32.1. The molecule has 1 fully saturated rings. The Morgan fingerprint density at radius 2 is 2.31 bits per heavy atom. The first-order chi connectivity index (χ1) is 7.68. The summed E-state index contributed by atoms with van der Waals surface area (Å²) in [4.78, 5) is 15.4. The second-order valence-corrected chi connectivity index (χ2v) is 5.64. The van der Waals surface area contributed by atoms with Gasteiger partial charge >= 0.3 is 0 Å². The first-order valence-corrected chi connectivity index (χ1v) is 6.85. The zero-order chi connectivity index (χ0) is 11.5. The fraction of sp³-hybridized carbons (Fsp3) is 0.615. The molecule has 88 valence electrons. The van der Waals surface area contributed by atoms with Crippen LogP contribution in [0.1, 0.15) is 25.1 Å². The lowest BCUT2D eigenvalue weighted by Gasteiger charge is -2.36. The van der Waals surface area contributed by atoms with E-state index in [1.54, 1.807) is 0 Å². The number of ketones is 1. The van der Waals surface area contributed by atoms with Crippen molar-refractivity contribution in [1.82, 2.24) is 4.90 Å². The number of Topliss-reactive ketones (excluding diaryl/α,β-unsaturated/α-hetero) is 1. The van der Waals surface area contributed by atoms with Gasteiger partial charge in [0.1, 0.15) is 5.78 Å². The largest absolute Gasteiger partial charge is 0.299 e. The second-order valence-electron chi connectivity index (χ2n) is 4.61. The summed E-state index contributed by atoms with van der Waals surface area (Å²) in [6.45, 7) is 6.26. The number of carbonyl (C=O) groups excluding carboxylic acids is 1. The van der Waals surface area contributed by atoms with Gasteiger partial charge in [-0.1, -0.05) is 13.0 Å². The predicted octanol–water partition coefficient (Wildman–Crippen LogP) is 2.59. The van der Waals surface area contributed by atoms with Gasteiger partial charge in [-0.3, -0.25) is 9.69 Å². The molecule has 1 aliphatic heterocycles. The molecule has 2 atom stereocenters. The van der Waals surface area contributed by atoms with E-state index in [2.05, 4.69) is 36.3 Å². The number of rotatable bonds is 3. The van der Waals surface area contributed by atoms with E-state index in [0.717, 1.165) is 25.9 Å². The van der Waals surface area contributed by atoms with Gasteiger partial charge in [0.2, 0.25) is 0 Å². The van der Waals surface area contributed by atoms with Gasteiger partial charge < -0.3 is 0 Å². The van der Waals surface area contributed by atoms with E-state index in [1.807, 2.05) is 11.3 Å². The average Bonchev–Trinajstić information content (AvgIpc) is 2.78. The van der Waals surface area contributed by atoms with Crippen LogP contribution in [0.25, 0.3) is 0 Å². The number of piperidine rings is 1. The summed E-state index contributed by atoms with van der Waals surface area (Å²) in [6, 6.07) is 4.70. The first-order valence-electron chi connectivity index (χ1n) is 5.97. The lowest BCUT2D eigenvalue weighted by atomic mass is 9.90. The SMILES string of the molecule is CC1C(=O)CCN(CCc2cccs2)C1C. The average molecular weight is 237 g/mol. The van der Waals surface area contributed by atoms with Gasteiger partial charge in [-0.05, 0) is 24.8 Å². The van der Waals surface area contributed by atoms with E-state index in [9.17, 15) is 4.79 Å². The third-order valence-electron chi connectivity index (χ3n) is 3.68. The van der Waals surface area contributed by atoms with Gasteiger partial charge in [-0.2, -0.15) is 0 Å². The highest BCUT2D eigenvalue weighted by molar-refractivity contribution is 7.09. The Balaban J connectivity index is 1.88. The van der Waals surface area contributed by atoms with E-state index in [1.165, 1.54) is 4.88 Å². The molecule has 0 aromatic carbocycles. The Morgan fingerprint density at radius 1 is 1.50 bits per heavy atom. The molecule has 1 saturated heterocycles. The van der Waals surface area contributed by atoms with Crippen molar-refractivity contribution in [3.63, 3.8) is 0 Å². The van der Waals surface area contributed by atoms with Crippen LogP contribution in [0.15, 0.2) is 17.5 Å². The molecule has 1 aliphatic rings. The van der Waals surface area contributed by atoms with Crippen molar-refractivity contribution in [2.75, 3.05) is 13.1 Å². The van der Waals surface area contributed by atoms with Crippen molar-refractivity contribution < 1.29 is 4.79 Å². The molecular formula is C13H19NOS. The molecule has 16 heavy (non-hydrogen) atoms. The predicted molar refractivity (Wildman–Crippen MR) is 67.8 cm³/mol. The molecule has 1 aromatic heterocycles. The van der Waals surface area contributed by atoms with E-state index < -0.39 is 0 Å². The van der Waals surface area contributed by atoms with Crippen LogP contribution < -0.4 is 0 Å². The zero-order valence-electron chi connectivity index (χ0n) is 9.98. The molecule has 2 heterocycles. The number of thiophene rings is 1. The summed E-state index contributed by atoms with van der Waals surface area (Å²) in [7, 11) is 0. The Kier molecular flexibility index (Phi) is 3.77. The quantitative estimate of drug-likeness (QED) is 0.805. The van der Waals surface area contributed by atoms with Crippen LogP contribution in [0.2, 0.25) is 0 Å². The molecule has 3 heteroatoms. The van der Waals surface area contributed by atoms with Crippen molar-refractivity contribution in [3.8, 4) is 0 Å². The monoisotopic (exact) mass is 237 g/mol. The topological polar surface area (TPSA) is 20.3 Å². The molecule has 0 bridgehead atoms. The lowest BCUT2D eigenvalue weighted by molar-refractivity contribution is -0.127. The van der Waals surface area contributed by atoms with Crippen LogP contribution in [0.5, 0.6) is 0 Å². The van der Waals surface area contributed by atoms with Gasteiger partial charge in [0, 0.05) is 36.3 Å². The summed E-state index contributed by atoms with van der Waals surface area (Å²) in [6.07, 6.45) is 1.85. The van der Waals surface area contributed by atoms with Crippen LogP contribution in [-0.2, 0) is 11.2 Å². The van der Waals surface area contributed by atoms with Crippen LogP contribution in [0.4, 0.5) is 0 Å². The van der Waals surface area contributed by atoms with E-state index in [4.69, 9.17) is 0 Å². The summed E-state index contributed by atoms with van der Waals surface area (Å²) >= 11 is 1.82. The minimum atomic E-state index is 0.206. The van der Waals surface area contributed by atoms with Gasteiger partial charge in [-0.15, -0.1) is 11.3 Å². The van der Waals surface area contributed by atoms with E-state index >= 15 is 0 Å². The van der Waals surface area contributed by atoms with Crippen LogP contribution in [0, 0.1) is 5.92 Å². The van der Waals surface area contributed by atoms with Gasteiger partial charge in [0.05, 0.1) is 0 Å². The highest BCUT2D eigenvalue weighted by Crippen LogP contribution is 2.21. The summed E-state index contributed by atoms with van der Waals surface area (Å²) in [5.41, 5.74) is 0. The van der Waals surface area contributed by atoms with Gasteiger partial charge in [0.25, 0.3) is 0 Å². The molecule has 0 radical (unpaired) electrons. The van der Waals surface area contributed by atoms with Crippen molar-refractivity contribution in [2.45, 2.75) is 32.7 Å². The summed E-state index contributed by atoms with van der Waals surface area (Å²) < 4.78 is 0. The smallest absolute Gasteiger partial charge is 0.138 e. The normalized spacial score (nSPS) is 27.2. The third-order valence-corrected chi connectivity index (χ3v) is 4.61. The fourth-order valence-electron chi connectivity index (χ4n) is 2.29. The minimum Gasteiger partial charge on any atom is -0.299 e. The number of nitrogens with zero attached hydrogens (tertiary/aromatic N) is 1. The fourth-order valence-corrected chi connectivity index (χ4v) is 2.99. The zero-order valence-corrected chi connectivity index (χ0v) is 10.8. The lowest BCUT2D eigenvalue weighted by Crippen LogP contribution is -2.47. The Morgan fingerprint density at radius 3 is 3.00 bits per heavy atom. The third kappa shape index (κ3) is 2.53. The molecule has 0 aliphatic carbocycles. The highest BCUT2D eigenvalue weighted by Gasteiger charge is 2.30. The van der Waals surface area contributed by atoms with Crippen molar-refractivity contribution in [3.05, 3.63) is 22.4 Å². The van der Waals surface area contributed by atoms with E-state index in [-0.39, 0.29) is 5.92 Å². The maximum Gasteiger partial charge on any atom is 0.138 e. The standard InChI is InChI=1S/C13H19NOS/c1-10-11(2)14(8-6-13(10)15)7-5-12-4-3-9-16-12/h3-4,9-11H,5-8H2,1-2H3. The number of hydrogen-bond donors (Lipinski definition) is 0. The molecule has 0 saturated carbocycles. The Labute approximate surface area is 101 Å². The molecule has 2 rings (SSSR count). The minimum absolute atomic E-state index is 0.206. The van der Waals surface area contributed by atoms with Crippen molar-refractivity contribution in [1.29, 1.82) is 0 Å². The van der Waals surface area contributed by atoms with E-state index in [0.29, 0.717) is 11.8 Å². The molecule has 2 unspecified atom stereocenters. The summed E-state index contributed by atoms with van der Waals surface area (Å²) in [5, 5.41) is 2.13. The van der Waals surface area contributed by atoms with Crippen LogP contribution >= 0.6 is 11.3 Å². The molecule has 0 N–H and O–H groups in total. The number of carbonyl (C=O) groups is 1. The molecule has 1 aromatic rings. The maximum absolute atomic E-state index is 11.6. The maximum atomic E-state index is 11.6. The van der Waals surface area contributed by atoms with Crippen LogP contribution in [0.3, 0.4) is 0 Å². The Hall–Kier alpha value is -0.670. The van der Waals surface area contributed by atoms with Crippen molar-refractivity contribution in [2.24, 2.45) is 5.92 Å². The molecule has 2 nitrogen and oxygen atoms in total. The first kappa shape index (κ1) is 11.8. The van der Waals surface area contributed by atoms with Gasteiger partial charge in [0.15, 0.2) is 0 Å². The van der Waals surface area contributed by atoms with Crippen molar-refractivity contribution >= 4 is 17.1 Å². The molecule has 0 spiro atoms. The summed E-state index contributed by atoms with van der Waals surface area (Å²) in [5.74, 6) is 0.636. The second kappa shape index (κ2) is 5.11.